The Morgan fingerprint density at radius 2 is 2.39 bits per heavy atom. The third kappa shape index (κ3) is 2.69. The lowest BCUT2D eigenvalue weighted by atomic mass is 9.97. The first-order valence-electron chi connectivity index (χ1n) is 6.31. The lowest BCUT2D eigenvalue weighted by Crippen LogP contribution is -2.42. The van der Waals surface area contributed by atoms with Gasteiger partial charge in [0.05, 0.1) is 12.3 Å². The van der Waals surface area contributed by atoms with Crippen LogP contribution < -0.4 is 10.2 Å². The standard InChI is InChI=1S/C12H19FN4O/c1-3-14-12-15-6-9(13)11(16-12)17-5-4-10(18)8(2)7-17/h6,8,10,18H,3-5,7H2,1-2H3,(H,14,15,16). The molecule has 0 aliphatic carbocycles. The zero-order valence-corrected chi connectivity index (χ0v) is 10.7. The molecule has 1 saturated heterocycles. The first kappa shape index (κ1) is 13.0. The Hall–Kier alpha value is -1.43. The summed E-state index contributed by atoms with van der Waals surface area (Å²) in [7, 11) is 0. The number of nitrogens with one attached hydrogen (secondary N) is 1. The Labute approximate surface area is 106 Å². The highest BCUT2D eigenvalue weighted by Crippen LogP contribution is 2.24. The van der Waals surface area contributed by atoms with Crippen molar-refractivity contribution in [3.8, 4) is 0 Å². The number of rotatable bonds is 3. The summed E-state index contributed by atoms with van der Waals surface area (Å²) in [5, 5.41) is 12.7. The van der Waals surface area contributed by atoms with Gasteiger partial charge >= 0.3 is 0 Å². The molecule has 2 rings (SSSR count). The molecular weight excluding hydrogens is 235 g/mol. The lowest BCUT2D eigenvalue weighted by Gasteiger charge is -2.35. The normalized spacial score (nSPS) is 24.1. The molecule has 0 aromatic carbocycles. The average Bonchev–Trinajstić information content (AvgIpc) is 2.35. The van der Waals surface area contributed by atoms with Crippen molar-refractivity contribution in [2.75, 3.05) is 29.9 Å². The van der Waals surface area contributed by atoms with Crippen molar-refractivity contribution in [3.63, 3.8) is 0 Å². The van der Waals surface area contributed by atoms with Crippen molar-refractivity contribution < 1.29 is 9.50 Å². The molecule has 6 heteroatoms. The molecule has 0 saturated carbocycles. The summed E-state index contributed by atoms with van der Waals surface area (Å²) in [6, 6.07) is 0. The van der Waals surface area contributed by atoms with Gasteiger partial charge < -0.3 is 15.3 Å². The van der Waals surface area contributed by atoms with E-state index in [9.17, 15) is 9.50 Å². The largest absolute Gasteiger partial charge is 0.393 e. The fourth-order valence-electron chi connectivity index (χ4n) is 2.15. The van der Waals surface area contributed by atoms with E-state index in [1.807, 2.05) is 18.7 Å². The fourth-order valence-corrected chi connectivity index (χ4v) is 2.15. The minimum atomic E-state index is -0.416. The number of aliphatic hydroxyl groups excluding tert-OH is 1. The molecule has 5 nitrogen and oxygen atoms in total. The van der Waals surface area contributed by atoms with Gasteiger partial charge in [0.25, 0.3) is 0 Å². The van der Waals surface area contributed by atoms with Crippen LogP contribution in [0.2, 0.25) is 0 Å². The molecule has 1 aromatic heterocycles. The van der Waals surface area contributed by atoms with Crippen molar-refractivity contribution in [1.29, 1.82) is 0 Å². The van der Waals surface area contributed by atoms with Gasteiger partial charge in [-0.3, -0.25) is 0 Å². The number of aromatic nitrogens is 2. The molecule has 1 fully saturated rings. The molecule has 0 bridgehead atoms. The Kier molecular flexibility index (Phi) is 3.96. The molecular formula is C12H19FN4O. The van der Waals surface area contributed by atoms with Crippen molar-refractivity contribution in [3.05, 3.63) is 12.0 Å². The Bertz CT molecular complexity index is 415. The van der Waals surface area contributed by atoms with Crippen LogP contribution in [0.1, 0.15) is 20.3 Å². The number of halogens is 1. The van der Waals surface area contributed by atoms with E-state index < -0.39 is 5.82 Å². The van der Waals surface area contributed by atoms with Gasteiger partial charge in [-0.1, -0.05) is 6.92 Å². The van der Waals surface area contributed by atoms with E-state index in [-0.39, 0.29) is 12.0 Å². The van der Waals surface area contributed by atoms with Crippen molar-refractivity contribution in [1.82, 2.24) is 9.97 Å². The first-order chi connectivity index (χ1) is 8.61. The van der Waals surface area contributed by atoms with Crippen LogP contribution in [-0.2, 0) is 0 Å². The van der Waals surface area contributed by atoms with Gasteiger partial charge in [-0.05, 0) is 19.3 Å². The second-order valence-corrected chi connectivity index (χ2v) is 4.67. The Balaban J connectivity index is 2.19. The van der Waals surface area contributed by atoms with Crippen LogP contribution >= 0.6 is 0 Å². The third-order valence-corrected chi connectivity index (χ3v) is 3.22. The van der Waals surface area contributed by atoms with Crippen LogP contribution in [0, 0.1) is 11.7 Å². The summed E-state index contributed by atoms with van der Waals surface area (Å²) in [4.78, 5) is 9.95. The molecule has 0 spiro atoms. The maximum absolute atomic E-state index is 13.8. The molecule has 18 heavy (non-hydrogen) atoms. The minimum absolute atomic E-state index is 0.121. The monoisotopic (exact) mass is 254 g/mol. The van der Waals surface area contributed by atoms with Crippen molar-refractivity contribution in [2.45, 2.75) is 26.4 Å². The second kappa shape index (κ2) is 5.48. The first-order valence-corrected chi connectivity index (χ1v) is 6.31. The summed E-state index contributed by atoms with van der Waals surface area (Å²) < 4.78 is 13.8. The maximum atomic E-state index is 13.8. The molecule has 2 N–H and O–H groups in total. The Morgan fingerprint density at radius 1 is 1.61 bits per heavy atom. The van der Waals surface area contributed by atoms with Crippen molar-refractivity contribution in [2.24, 2.45) is 5.92 Å². The van der Waals surface area contributed by atoms with Crippen LogP contribution in [0.3, 0.4) is 0 Å². The van der Waals surface area contributed by atoms with E-state index in [1.165, 1.54) is 6.20 Å². The van der Waals surface area contributed by atoms with Gasteiger partial charge in [0, 0.05) is 19.6 Å². The maximum Gasteiger partial charge on any atom is 0.224 e. The SMILES string of the molecule is CCNc1ncc(F)c(N2CCC(O)C(C)C2)n1. The number of anilines is 2. The topological polar surface area (TPSA) is 61.3 Å². The van der Waals surface area contributed by atoms with Crippen LogP contribution in [0.5, 0.6) is 0 Å². The number of piperidine rings is 1. The predicted octanol–water partition coefficient (Wildman–Crippen LogP) is 1.25. The van der Waals surface area contributed by atoms with E-state index in [0.717, 1.165) is 0 Å². The van der Waals surface area contributed by atoms with Gasteiger partial charge in [-0.25, -0.2) is 9.37 Å². The highest BCUT2D eigenvalue weighted by atomic mass is 19.1. The molecule has 100 valence electrons. The third-order valence-electron chi connectivity index (χ3n) is 3.22. The molecule has 1 aliphatic heterocycles. The van der Waals surface area contributed by atoms with E-state index in [0.29, 0.717) is 37.8 Å². The van der Waals surface area contributed by atoms with Crippen molar-refractivity contribution >= 4 is 11.8 Å². The van der Waals surface area contributed by atoms with E-state index in [2.05, 4.69) is 15.3 Å². The quantitative estimate of drug-likeness (QED) is 0.850. The molecule has 2 heterocycles. The Morgan fingerprint density at radius 3 is 3.06 bits per heavy atom. The number of hydrogen-bond donors (Lipinski definition) is 2. The van der Waals surface area contributed by atoms with Gasteiger partial charge in [0.15, 0.2) is 11.6 Å². The summed E-state index contributed by atoms with van der Waals surface area (Å²) in [6.07, 6.45) is 1.52. The smallest absolute Gasteiger partial charge is 0.224 e. The number of aliphatic hydroxyl groups is 1. The average molecular weight is 254 g/mol. The summed E-state index contributed by atoms with van der Waals surface area (Å²) >= 11 is 0. The van der Waals surface area contributed by atoms with Gasteiger partial charge in [0.2, 0.25) is 5.95 Å². The van der Waals surface area contributed by atoms with Gasteiger partial charge in [0.1, 0.15) is 0 Å². The summed E-state index contributed by atoms with van der Waals surface area (Å²) in [5.74, 6) is 0.461. The van der Waals surface area contributed by atoms with Crippen LogP contribution in [0.4, 0.5) is 16.2 Å². The predicted molar refractivity (Wildman–Crippen MR) is 68.2 cm³/mol. The molecule has 0 amide bonds. The zero-order chi connectivity index (χ0) is 13.1. The summed E-state index contributed by atoms with van der Waals surface area (Å²) in [5.41, 5.74) is 0. The van der Waals surface area contributed by atoms with Crippen LogP contribution in [-0.4, -0.2) is 40.8 Å². The molecule has 2 atom stereocenters. The van der Waals surface area contributed by atoms with Crippen LogP contribution in [0.25, 0.3) is 0 Å². The molecule has 1 aromatic rings. The highest BCUT2D eigenvalue weighted by Gasteiger charge is 2.26. The van der Waals surface area contributed by atoms with E-state index in [4.69, 9.17) is 0 Å². The summed E-state index contributed by atoms with van der Waals surface area (Å²) in [6.45, 7) is 5.82. The minimum Gasteiger partial charge on any atom is -0.393 e. The number of hydrogen-bond acceptors (Lipinski definition) is 5. The number of nitrogens with zero attached hydrogens (tertiary/aromatic N) is 3. The second-order valence-electron chi connectivity index (χ2n) is 4.67. The fraction of sp³-hybridized carbons (Fsp3) is 0.667. The van der Waals surface area contributed by atoms with E-state index in [1.54, 1.807) is 0 Å². The highest BCUT2D eigenvalue weighted by molar-refractivity contribution is 5.44. The zero-order valence-electron chi connectivity index (χ0n) is 10.7. The molecule has 0 radical (unpaired) electrons. The lowest BCUT2D eigenvalue weighted by molar-refractivity contribution is 0.0966. The molecule has 2 unspecified atom stereocenters. The van der Waals surface area contributed by atoms with E-state index >= 15 is 0 Å². The van der Waals surface area contributed by atoms with Gasteiger partial charge in [-0.15, -0.1) is 0 Å². The molecule has 1 aliphatic rings. The van der Waals surface area contributed by atoms with Crippen LogP contribution in [0.15, 0.2) is 6.20 Å². The van der Waals surface area contributed by atoms with Gasteiger partial charge in [-0.2, -0.15) is 4.98 Å².